The summed E-state index contributed by atoms with van der Waals surface area (Å²) in [5.74, 6) is -48.7. The molecule has 0 radical (unpaired) electrons. The quantitative estimate of drug-likeness (QED) is 0.0286. The van der Waals surface area contributed by atoms with Crippen molar-refractivity contribution in [2.45, 2.75) is 103 Å². The first-order chi connectivity index (χ1) is 34.9. The molecule has 1 N–H and O–H groups in total. The fourth-order valence-electron chi connectivity index (χ4n) is 4.45. The Morgan fingerprint density at radius 2 is 0.519 bits per heavy atom. The first kappa shape index (κ1) is 75.0. The van der Waals surface area contributed by atoms with Gasteiger partial charge in [-0.1, -0.05) is 0 Å². The fourth-order valence-corrected chi connectivity index (χ4v) is 5.38. The zero-order chi connectivity index (χ0) is 62.7. The summed E-state index contributed by atoms with van der Waals surface area (Å²) in [5.41, 5.74) is 0. The smallest absolute Gasteiger partial charge is 0.455 e. The van der Waals surface area contributed by atoms with Crippen LogP contribution in [0.3, 0.4) is 0 Å². The number of halogens is 30. The van der Waals surface area contributed by atoms with E-state index in [0.717, 1.165) is 0 Å². The van der Waals surface area contributed by atoms with Gasteiger partial charge < -0.3 is 42.6 Å². The monoisotopic (exact) mass is 1270 g/mol. The maximum atomic E-state index is 13.6. The SMILES string of the molecule is O=C(CC(C(=O)OC(COCC(F)(F)C(F)(F)F)COCC(F)(F)C(F)(F)F)C(C(=O)OC(COCC(F)(F)C(F)(F)F)COCC(F)(F)C(F)(F)F)S(=O)(=O)O)OC(COCC(F)(F)C(F)(F)F)COCC(F)(F)C(F)(F)F. The summed E-state index contributed by atoms with van der Waals surface area (Å²) < 4.78 is 462. The number of carbonyl (C=O) groups excluding carboxylic acids is 3. The zero-order valence-electron chi connectivity index (χ0n) is 37.5. The van der Waals surface area contributed by atoms with Crippen LogP contribution < -0.4 is 0 Å². The van der Waals surface area contributed by atoms with Gasteiger partial charge in [0.2, 0.25) is 0 Å². The third kappa shape index (κ3) is 24.2. The van der Waals surface area contributed by atoms with Crippen LogP contribution in [0.15, 0.2) is 0 Å². The van der Waals surface area contributed by atoms with E-state index in [2.05, 4.69) is 42.6 Å². The minimum atomic E-state index is -6.93. The molecule has 2 unspecified atom stereocenters. The van der Waals surface area contributed by atoms with Gasteiger partial charge in [0.1, 0.15) is 58.0 Å². The van der Waals surface area contributed by atoms with Crippen LogP contribution in [0.2, 0.25) is 0 Å². The Balaban J connectivity index is 7.80. The molecule has 0 heterocycles. The molecule has 0 spiro atoms. The molecule has 0 aromatic heterocycles. The average Bonchev–Trinajstić information content (AvgIpc) is 3.19. The normalized spacial score (nSPS) is 15.5. The van der Waals surface area contributed by atoms with Crippen LogP contribution in [-0.2, 0) is 67.1 Å². The van der Waals surface area contributed by atoms with Gasteiger partial charge in [-0.2, -0.15) is 140 Å². The number of hydrogen-bond acceptors (Lipinski definition) is 14. The number of rotatable bonds is 33. The van der Waals surface area contributed by atoms with Crippen LogP contribution in [0.5, 0.6) is 0 Å². The lowest BCUT2D eigenvalue weighted by molar-refractivity contribution is -0.301. The van der Waals surface area contributed by atoms with Crippen LogP contribution in [0.1, 0.15) is 6.42 Å². The molecule has 0 aliphatic heterocycles. The molecular formula is C33H32F30O15S. The van der Waals surface area contributed by atoms with Crippen molar-refractivity contribution < 1.29 is 202 Å². The van der Waals surface area contributed by atoms with Gasteiger partial charge in [0, 0.05) is 0 Å². The van der Waals surface area contributed by atoms with Gasteiger partial charge in [-0.15, -0.1) is 0 Å². The molecule has 0 rings (SSSR count). The van der Waals surface area contributed by atoms with Crippen LogP contribution in [-0.4, -0.2) is 206 Å². The lowest BCUT2D eigenvalue weighted by atomic mass is 10.0. The summed E-state index contributed by atoms with van der Waals surface area (Å²) in [4.78, 5) is 40.1. The Morgan fingerprint density at radius 3 is 0.709 bits per heavy atom. The third-order valence-electron chi connectivity index (χ3n) is 8.48. The molecule has 470 valence electrons. The summed E-state index contributed by atoms with van der Waals surface area (Å²) in [7, 11) is -6.93. The Kier molecular flexibility index (Phi) is 26.0. The molecule has 0 amide bonds. The molecule has 0 saturated carbocycles. The first-order valence-electron chi connectivity index (χ1n) is 19.6. The predicted molar refractivity (Wildman–Crippen MR) is 184 cm³/mol. The van der Waals surface area contributed by atoms with E-state index in [0.29, 0.717) is 0 Å². The van der Waals surface area contributed by atoms with Gasteiger partial charge in [-0.05, 0) is 0 Å². The fraction of sp³-hybridized carbons (Fsp3) is 0.909. The third-order valence-corrected chi connectivity index (χ3v) is 9.65. The Hall–Kier alpha value is -4.02. The molecule has 0 aliphatic carbocycles. The zero-order valence-corrected chi connectivity index (χ0v) is 38.3. The highest BCUT2D eigenvalue weighted by atomic mass is 32.2. The molecular weight excluding hydrogens is 1240 g/mol. The van der Waals surface area contributed by atoms with Crippen molar-refractivity contribution in [3.63, 3.8) is 0 Å². The van der Waals surface area contributed by atoms with E-state index in [1.165, 1.54) is 0 Å². The van der Waals surface area contributed by atoms with Gasteiger partial charge in [-0.3, -0.25) is 18.9 Å². The standard InChI is InChI=1S/C33H32F30O15S/c34-22(35,28(46,47)48)8-70-2-14(3-71-9-23(36,37)29(49,50)51)76-18(64)1-17(20(65)77-15(4-72-10-24(38,39)30(52,53)54)5-73-11-25(40,41)31(55,56)57)19(79(67,68)69)21(66)78-16(6-74-12-26(42,43)32(58,59)60)7-75-13-27(44,45)33(61,62)63/h14-17,19H,1-13H2,(H,67,68,69). The lowest BCUT2D eigenvalue weighted by Crippen LogP contribution is -2.48. The van der Waals surface area contributed by atoms with E-state index in [1.54, 1.807) is 0 Å². The van der Waals surface area contributed by atoms with Gasteiger partial charge in [-0.25, -0.2) is 0 Å². The van der Waals surface area contributed by atoms with Crippen molar-refractivity contribution in [3.05, 3.63) is 0 Å². The number of alkyl halides is 30. The van der Waals surface area contributed by atoms with Crippen LogP contribution >= 0.6 is 0 Å². The molecule has 0 bridgehead atoms. The average molecular weight is 1270 g/mol. The van der Waals surface area contributed by atoms with Crippen molar-refractivity contribution in [1.29, 1.82) is 0 Å². The van der Waals surface area contributed by atoms with Crippen molar-refractivity contribution in [2.24, 2.45) is 5.92 Å². The Labute approximate surface area is 418 Å². The van der Waals surface area contributed by atoms with E-state index in [4.69, 9.17) is 0 Å². The van der Waals surface area contributed by atoms with E-state index in [1.807, 2.05) is 0 Å². The number of esters is 3. The minimum absolute atomic E-state index is 2.14. The summed E-state index contributed by atoms with van der Waals surface area (Å²) in [6.07, 6.45) is -51.6. The van der Waals surface area contributed by atoms with E-state index in [-0.39, 0.29) is 0 Å². The number of ether oxygens (including phenoxy) is 9. The second-order valence-corrected chi connectivity index (χ2v) is 16.8. The molecule has 0 aliphatic rings. The van der Waals surface area contributed by atoms with Crippen LogP contribution in [0.4, 0.5) is 132 Å². The molecule has 79 heavy (non-hydrogen) atoms. The van der Waals surface area contributed by atoms with E-state index >= 15 is 0 Å². The highest BCUT2D eigenvalue weighted by Gasteiger charge is 2.62. The highest BCUT2D eigenvalue weighted by Crippen LogP contribution is 2.40. The highest BCUT2D eigenvalue weighted by molar-refractivity contribution is 7.87. The molecule has 0 aromatic carbocycles. The van der Waals surface area contributed by atoms with Crippen molar-refractivity contribution in [1.82, 2.24) is 0 Å². The summed E-state index contributed by atoms with van der Waals surface area (Å²) in [5, 5.41) is -4.31. The largest absolute Gasteiger partial charge is 0.457 e. The van der Waals surface area contributed by atoms with Gasteiger partial charge in [0.15, 0.2) is 5.25 Å². The molecule has 0 saturated heterocycles. The maximum Gasteiger partial charge on any atom is 0.455 e. The van der Waals surface area contributed by atoms with Gasteiger partial charge >= 0.3 is 90.5 Å². The second-order valence-electron chi connectivity index (χ2n) is 15.3. The minimum Gasteiger partial charge on any atom is -0.457 e. The summed E-state index contributed by atoms with van der Waals surface area (Å²) >= 11 is 0. The Bertz CT molecular complexity index is 1940. The van der Waals surface area contributed by atoms with E-state index in [9.17, 15) is 159 Å². The summed E-state index contributed by atoms with van der Waals surface area (Å²) in [6, 6.07) is 0. The van der Waals surface area contributed by atoms with Crippen molar-refractivity contribution in [2.75, 3.05) is 79.3 Å². The topological polar surface area (TPSA) is 189 Å². The molecule has 15 nitrogen and oxygen atoms in total. The van der Waals surface area contributed by atoms with Crippen LogP contribution in [0.25, 0.3) is 0 Å². The lowest BCUT2D eigenvalue weighted by Gasteiger charge is -2.28. The summed E-state index contributed by atoms with van der Waals surface area (Å²) in [6.45, 7) is -31.0. The molecule has 46 heteroatoms. The van der Waals surface area contributed by atoms with Crippen molar-refractivity contribution >= 4 is 28.0 Å². The number of carbonyl (C=O) groups is 3. The Morgan fingerprint density at radius 1 is 0.329 bits per heavy atom. The first-order valence-corrected chi connectivity index (χ1v) is 21.1. The molecule has 2 atom stereocenters. The molecule has 0 aromatic rings. The van der Waals surface area contributed by atoms with Gasteiger partial charge in [0.25, 0.3) is 10.1 Å². The van der Waals surface area contributed by atoms with Crippen LogP contribution in [0, 0.1) is 5.92 Å². The van der Waals surface area contributed by atoms with Crippen molar-refractivity contribution in [3.8, 4) is 0 Å². The second kappa shape index (κ2) is 27.4. The molecule has 0 fully saturated rings. The number of hydrogen-bond donors (Lipinski definition) is 1. The van der Waals surface area contributed by atoms with E-state index < -0.39 is 216 Å². The maximum absolute atomic E-state index is 13.6. The van der Waals surface area contributed by atoms with Gasteiger partial charge in [0.05, 0.1) is 52.0 Å². The predicted octanol–water partition coefficient (Wildman–Crippen LogP) is 8.27.